The monoisotopic (exact) mass is 482 g/mol. The molecular formula is C26H30N2O5S. The molecule has 0 aromatic heterocycles. The number of carbonyl (C=O) groups excluding carboxylic acids is 1. The lowest BCUT2D eigenvalue weighted by Crippen LogP contribution is -2.38. The number of para-hydroxylation sites is 1. The van der Waals surface area contributed by atoms with Crippen molar-refractivity contribution in [2.24, 2.45) is 0 Å². The number of aryl methyl sites for hydroxylation is 1. The summed E-state index contributed by atoms with van der Waals surface area (Å²) >= 11 is 0. The van der Waals surface area contributed by atoms with Crippen molar-refractivity contribution < 1.29 is 22.7 Å². The Labute approximate surface area is 201 Å². The molecule has 0 saturated carbocycles. The minimum Gasteiger partial charge on any atom is -0.497 e. The van der Waals surface area contributed by atoms with Crippen LogP contribution >= 0.6 is 0 Å². The third kappa shape index (κ3) is 5.34. The topological polar surface area (TPSA) is 84.9 Å². The van der Waals surface area contributed by atoms with Gasteiger partial charge in [-0.2, -0.15) is 0 Å². The van der Waals surface area contributed by atoms with Crippen molar-refractivity contribution in [1.29, 1.82) is 0 Å². The van der Waals surface area contributed by atoms with Gasteiger partial charge < -0.3 is 14.8 Å². The fourth-order valence-corrected chi connectivity index (χ4v) is 5.11. The number of rotatable bonds is 9. The van der Waals surface area contributed by atoms with Gasteiger partial charge in [0.05, 0.1) is 24.8 Å². The first-order chi connectivity index (χ1) is 16.2. The molecule has 0 unspecified atom stereocenters. The molecule has 180 valence electrons. The van der Waals surface area contributed by atoms with Gasteiger partial charge in [0, 0.05) is 11.8 Å². The summed E-state index contributed by atoms with van der Waals surface area (Å²) in [6, 6.07) is 18.6. The van der Waals surface area contributed by atoms with Crippen molar-refractivity contribution in [2.75, 3.05) is 30.4 Å². The Kier molecular flexibility index (Phi) is 7.83. The van der Waals surface area contributed by atoms with Crippen molar-refractivity contribution in [3.05, 3.63) is 77.9 Å². The number of ether oxygens (including phenoxy) is 2. The Hall–Kier alpha value is -3.52. The minimum absolute atomic E-state index is 0.0689. The molecule has 34 heavy (non-hydrogen) atoms. The van der Waals surface area contributed by atoms with Crippen LogP contribution in [0.25, 0.3) is 0 Å². The van der Waals surface area contributed by atoms with Crippen LogP contribution in [0.5, 0.6) is 11.5 Å². The van der Waals surface area contributed by atoms with Crippen LogP contribution in [-0.4, -0.2) is 35.1 Å². The Balaban J connectivity index is 2.05. The number of nitrogens with zero attached hydrogens (tertiary/aromatic N) is 1. The van der Waals surface area contributed by atoms with Crippen LogP contribution in [0.1, 0.15) is 30.9 Å². The Morgan fingerprint density at radius 3 is 2.29 bits per heavy atom. The first-order valence-corrected chi connectivity index (χ1v) is 12.3. The lowest BCUT2D eigenvalue weighted by molar-refractivity contribution is -0.114. The average Bonchev–Trinajstić information content (AvgIpc) is 2.83. The Morgan fingerprint density at radius 1 is 0.971 bits per heavy atom. The molecule has 3 aromatic carbocycles. The maximum atomic E-state index is 13.6. The van der Waals surface area contributed by atoms with Gasteiger partial charge >= 0.3 is 0 Å². The first kappa shape index (κ1) is 25.1. The highest BCUT2D eigenvalue weighted by atomic mass is 32.2. The molecule has 0 fully saturated rings. The van der Waals surface area contributed by atoms with Gasteiger partial charge in [-0.15, -0.1) is 0 Å². The quantitative estimate of drug-likeness (QED) is 0.465. The number of methoxy groups -OCH3 is 2. The van der Waals surface area contributed by atoms with Crippen molar-refractivity contribution in [2.45, 2.75) is 31.6 Å². The maximum absolute atomic E-state index is 13.6. The van der Waals surface area contributed by atoms with Gasteiger partial charge in [0.15, 0.2) is 0 Å². The van der Waals surface area contributed by atoms with E-state index in [4.69, 9.17) is 9.47 Å². The van der Waals surface area contributed by atoms with Crippen LogP contribution in [0.2, 0.25) is 0 Å². The zero-order valence-electron chi connectivity index (χ0n) is 20.0. The summed E-state index contributed by atoms with van der Waals surface area (Å²) in [7, 11) is -1.13. The summed E-state index contributed by atoms with van der Waals surface area (Å²) in [6.07, 6.45) is 0. The molecule has 0 heterocycles. The maximum Gasteiger partial charge on any atom is 0.264 e. The summed E-state index contributed by atoms with van der Waals surface area (Å²) in [5.41, 5.74) is 2.81. The lowest BCUT2D eigenvalue weighted by Gasteiger charge is -2.26. The van der Waals surface area contributed by atoms with E-state index < -0.39 is 22.5 Å². The van der Waals surface area contributed by atoms with E-state index in [1.165, 1.54) is 26.4 Å². The Bertz CT molecular complexity index is 1260. The normalized spacial score (nSPS) is 11.2. The highest BCUT2D eigenvalue weighted by Crippen LogP contribution is 2.35. The highest BCUT2D eigenvalue weighted by molar-refractivity contribution is 7.92. The van der Waals surface area contributed by atoms with Crippen LogP contribution in [0, 0.1) is 6.92 Å². The molecule has 0 spiro atoms. The zero-order valence-corrected chi connectivity index (χ0v) is 20.8. The molecular weight excluding hydrogens is 452 g/mol. The molecule has 0 saturated heterocycles. The van der Waals surface area contributed by atoms with E-state index in [9.17, 15) is 13.2 Å². The van der Waals surface area contributed by atoms with Gasteiger partial charge in [-0.05, 0) is 48.2 Å². The second-order valence-corrected chi connectivity index (χ2v) is 9.97. The van der Waals surface area contributed by atoms with Gasteiger partial charge in [-0.25, -0.2) is 8.42 Å². The number of benzene rings is 3. The van der Waals surface area contributed by atoms with Gasteiger partial charge in [0.2, 0.25) is 5.91 Å². The molecule has 0 bridgehead atoms. The predicted molar refractivity (Wildman–Crippen MR) is 134 cm³/mol. The number of hydrogen-bond donors (Lipinski definition) is 1. The predicted octanol–water partition coefficient (Wildman–Crippen LogP) is 4.97. The highest BCUT2D eigenvalue weighted by Gasteiger charge is 2.30. The summed E-state index contributed by atoms with van der Waals surface area (Å²) in [5, 5.41) is 2.93. The summed E-state index contributed by atoms with van der Waals surface area (Å²) in [4.78, 5) is 13.3. The van der Waals surface area contributed by atoms with Gasteiger partial charge in [-0.3, -0.25) is 9.10 Å². The minimum atomic E-state index is -4.08. The molecule has 0 radical (unpaired) electrons. The fourth-order valence-electron chi connectivity index (χ4n) is 3.66. The number of sulfonamides is 1. The largest absolute Gasteiger partial charge is 0.497 e. The smallest absolute Gasteiger partial charge is 0.264 e. The molecule has 7 nitrogen and oxygen atoms in total. The second-order valence-electron chi connectivity index (χ2n) is 8.10. The van der Waals surface area contributed by atoms with E-state index in [1.54, 1.807) is 36.4 Å². The molecule has 0 aliphatic rings. The molecule has 8 heteroatoms. The number of carbonyl (C=O) groups is 1. The first-order valence-electron chi connectivity index (χ1n) is 10.9. The molecule has 1 N–H and O–H groups in total. The van der Waals surface area contributed by atoms with E-state index in [0.29, 0.717) is 11.4 Å². The van der Waals surface area contributed by atoms with Gasteiger partial charge in [-0.1, -0.05) is 50.2 Å². The molecule has 1 amide bonds. The molecule has 0 atom stereocenters. The summed E-state index contributed by atoms with van der Waals surface area (Å²) < 4.78 is 39.0. The third-order valence-corrected chi connectivity index (χ3v) is 7.24. The molecule has 3 aromatic rings. The van der Waals surface area contributed by atoms with E-state index in [0.717, 1.165) is 15.4 Å². The van der Waals surface area contributed by atoms with Crippen molar-refractivity contribution >= 4 is 27.3 Å². The second kappa shape index (κ2) is 10.6. The average molecular weight is 483 g/mol. The number of anilines is 2. The Morgan fingerprint density at radius 2 is 1.68 bits per heavy atom. The van der Waals surface area contributed by atoms with E-state index >= 15 is 0 Å². The number of nitrogens with one attached hydrogen (secondary N) is 1. The third-order valence-electron chi connectivity index (χ3n) is 5.47. The fraction of sp³-hybridized carbons (Fsp3) is 0.269. The number of hydrogen-bond acceptors (Lipinski definition) is 5. The van der Waals surface area contributed by atoms with Gasteiger partial charge in [0.1, 0.15) is 18.0 Å². The van der Waals surface area contributed by atoms with E-state index in [-0.39, 0.29) is 22.3 Å². The van der Waals surface area contributed by atoms with Crippen molar-refractivity contribution in [3.8, 4) is 11.5 Å². The molecule has 0 aliphatic heterocycles. The summed E-state index contributed by atoms with van der Waals surface area (Å²) in [6.45, 7) is 5.55. The van der Waals surface area contributed by atoms with E-state index in [2.05, 4.69) is 5.32 Å². The van der Waals surface area contributed by atoms with Crippen LogP contribution in [-0.2, 0) is 14.8 Å². The van der Waals surface area contributed by atoms with Crippen LogP contribution in [0.3, 0.4) is 0 Å². The zero-order chi connectivity index (χ0) is 24.9. The SMILES string of the molecule is COc1ccc(N(CC(=O)Nc2c(C)cccc2C(C)C)S(=O)(=O)c2ccccc2)c(OC)c1. The summed E-state index contributed by atoms with van der Waals surface area (Å²) in [5.74, 6) is 0.489. The van der Waals surface area contributed by atoms with E-state index in [1.807, 2.05) is 39.0 Å². The molecule has 0 aliphatic carbocycles. The van der Waals surface area contributed by atoms with Crippen LogP contribution < -0.4 is 19.1 Å². The van der Waals surface area contributed by atoms with Gasteiger partial charge in [0.25, 0.3) is 10.0 Å². The van der Waals surface area contributed by atoms with Crippen molar-refractivity contribution in [1.82, 2.24) is 0 Å². The van der Waals surface area contributed by atoms with Crippen LogP contribution in [0.15, 0.2) is 71.6 Å². The van der Waals surface area contributed by atoms with Crippen LogP contribution in [0.4, 0.5) is 11.4 Å². The standard InChI is InChI=1S/C26H30N2O5S/c1-18(2)22-13-9-10-19(3)26(22)27-25(29)17-28(34(30,31)21-11-7-6-8-12-21)23-15-14-20(32-4)16-24(23)33-5/h6-16,18H,17H2,1-5H3,(H,27,29). The lowest BCUT2D eigenvalue weighted by atomic mass is 9.98. The number of amides is 1. The molecule has 3 rings (SSSR count). The van der Waals surface area contributed by atoms with Crippen molar-refractivity contribution in [3.63, 3.8) is 0 Å².